The first-order chi connectivity index (χ1) is 14.6. The maximum atomic E-state index is 12.5. The van der Waals surface area contributed by atoms with Gasteiger partial charge in [0.05, 0.1) is 12.0 Å². The first-order valence-electron chi connectivity index (χ1n) is 9.85. The van der Waals surface area contributed by atoms with E-state index in [1.165, 1.54) is 6.33 Å². The summed E-state index contributed by atoms with van der Waals surface area (Å²) >= 11 is 5.57. The number of aryl methyl sites for hydroxylation is 1. The van der Waals surface area contributed by atoms with Crippen molar-refractivity contribution in [1.29, 1.82) is 0 Å². The molecule has 30 heavy (non-hydrogen) atoms. The fraction of sp³-hybridized carbons (Fsp3) is 0.333. The van der Waals surface area contributed by atoms with Crippen LogP contribution in [0.5, 0.6) is 0 Å². The number of carbonyl (C=O) groups is 1. The lowest BCUT2D eigenvalue weighted by Gasteiger charge is -2.37. The van der Waals surface area contributed by atoms with E-state index in [9.17, 15) is 4.79 Å². The molecular weight excluding hydrogens is 402 g/mol. The van der Waals surface area contributed by atoms with Crippen molar-refractivity contribution in [2.45, 2.75) is 13.8 Å². The molecule has 0 aliphatic carbocycles. The molecule has 0 bridgehead atoms. The Hall–Kier alpha value is -3.20. The number of furan rings is 1. The molecule has 1 aliphatic rings. The van der Waals surface area contributed by atoms with Crippen molar-refractivity contribution in [3.63, 3.8) is 0 Å². The van der Waals surface area contributed by atoms with Crippen molar-refractivity contribution in [3.8, 4) is 0 Å². The van der Waals surface area contributed by atoms with Crippen molar-refractivity contribution in [2.24, 2.45) is 0 Å². The molecule has 3 aromatic rings. The van der Waals surface area contributed by atoms with E-state index in [1.807, 2.05) is 30.3 Å². The summed E-state index contributed by atoms with van der Waals surface area (Å²) in [6, 6.07) is 9.88. The molecule has 0 unspecified atom stereocenters. The van der Waals surface area contributed by atoms with Gasteiger partial charge in [-0.1, -0.05) is 18.2 Å². The van der Waals surface area contributed by atoms with Gasteiger partial charge < -0.3 is 24.3 Å². The van der Waals surface area contributed by atoms with Crippen LogP contribution in [0.3, 0.4) is 0 Å². The van der Waals surface area contributed by atoms with E-state index in [2.05, 4.69) is 25.1 Å². The lowest BCUT2D eigenvalue weighted by molar-refractivity contribution is 0.0526. The SMILES string of the molecule is CCOC(=O)c1c(C)oc2ncnc(N3CCN(C(=S)Nc4ccccc4)CC3)c12. The van der Waals surface area contributed by atoms with Crippen molar-refractivity contribution in [2.75, 3.05) is 43.0 Å². The zero-order chi connectivity index (χ0) is 21.1. The van der Waals surface area contributed by atoms with Crippen LogP contribution in [0.1, 0.15) is 23.0 Å². The summed E-state index contributed by atoms with van der Waals surface area (Å²) in [6.07, 6.45) is 1.46. The molecule has 4 rings (SSSR count). The Kier molecular flexibility index (Phi) is 5.80. The van der Waals surface area contributed by atoms with E-state index in [1.54, 1.807) is 13.8 Å². The molecule has 2 aromatic heterocycles. The van der Waals surface area contributed by atoms with Gasteiger partial charge in [0.25, 0.3) is 0 Å². The second-order valence-electron chi connectivity index (χ2n) is 6.90. The maximum absolute atomic E-state index is 12.5. The van der Waals surface area contributed by atoms with Gasteiger partial charge in [-0.3, -0.25) is 0 Å². The van der Waals surface area contributed by atoms with Gasteiger partial charge in [-0.05, 0) is 38.2 Å². The molecule has 1 fully saturated rings. The van der Waals surface area contributed by atoms with Crippen LogP contribution < -0.4 is 10.2 Å². The van der Waals surface area contributed by atoms with Crippen LogP contribution >= 0.6 is 12.2 Å². The summed E-state index contributed by atoms with van der Waals surface area (Å²) in [7, 11) is 0. The molecule has 0 radical (unpaired) electrons. The number of hydrogen-bond donors (Lipinski definition) is 1. The molecule has 3 heterocycles. The number of benzene rings is 1. The summed E-state index contributed by atoms with van der Waals surface area (Å²) in [5, 5.41) is 4.57. The highest BCUT2D eigenvalue weighted by Crippen LogP contribution is 2.32. The number of rotatable bonds is 4. The third-order valence-electron chi connectivity index (χ3n) is 5.02. The van der Waals surface area contributed by atoms with E-state index in [0.29, 0.717) is 53.1 Å². The number of piperazine rings is 1. The molecule has 1 aromatic carbocycles. The summed E-state index contributed by atoms with van der Waals surface area (Å²) < 4.78 is 10.9. The molecule has 0 saturated carbocycles. The van der Waals surface area contributed by atoms with Gasteiger partial charge in [0.2, 0.25) is 5.71 Å². The van der Waals surface area contributed by atoms with E-state index < -0.39 is 5.97 Å². The Labute approximate surface area is 179 Å². The normalized spacial score (nSPS) is 14.1. The Morgan fingerprint density at radius 1 is 1.20 bits per heavy atom. The van der Waals surface area contributed by atoms with Crippen LogP contribution in [0.4, 0.5) is 11.5 Å². The van der Waals surface area contributed by atoms with Gasteiger partial charge in [-0.15, -0.1) is 0 Å². The number of hydrogen-bond acceptors (Lipinski definition) is 7. The average molecular weight is 426 g/mol. The first-order valence-corrected chi connectivity index (χ1v) is 10.3. The van der Waals surface area contributed by atoms with Crippen molar-refractivity contribution < 1.29 is 13.9 Å². The van der Waals surface area contributed by atoms with Crippen LogP contribution in [-0.2, 0) is 4.74 Å². The minimum absolute atomic E-state index is 0.290. The van der Waals surface area contributed by atoms with Gasteiger partial charge in [0, 0.05) is 31.9 Å². The summed E-state index contributed by atoms with van der Waals surface area (Å²) in [6.45, 7) is 6.68. The number of ether oxygens (including phenoxy) is 1. The van der Waals surface area contributed by atoms with Gasteiger partial charge in [0.15, 0.2) is 5.11 Å². The smallest absolute Gasteiger partial charge is 0.342 e. The highest BCUT2D eigenvalue weighted by molar-refractivity contribution is 7.80. The number of nitrogens with zero attached hydrogens (tertiary/aromatic N) is 4. The fourth-order valence-electron chi connectivity index (χ4n) is 3.56. The van der Waals surface area contributed by atoms with Gasteiger partial charge in [0.1, 0.15) is 23.5 Å². The van der Waals surface area contributed by atoms with E-state index in [4.69, 9.17) is 21.4 Å². The molecular formula is C21H23N5O3S. The predicted octanol–water partition coefficient (Wildman–Crippen LogP) is 3.23. The molecule has 0 atom stereocenters. The Balaban J connectivity index is 1.52. The van der Waals surface area contributed by atoms with E-state index in [-0.39, 0.29) is 0 Å². The van der Waals surface area contributed by atoms with Crippen LogP contribution in [-0.4, -0.2) is 58.7 Å². The lowest BCUT2D eigenvalue weighted by Crippen LogP contribution is -2.50. The fourth-order valence-corrected chi connectivity index (χ4v) is 3.86. The number of esters is 1. The van der Waals surface area contributed by atoms with Crippen LogP contribution in [0, 0.1) is 6.92 Å². The van der Waals surface area contributed by atoms with E-state index >= 15 is 0 Å². The topological polar surface area (TPSA) is 83.7 Å². The molecule has 1 aliphatic heterocycles. The lowest BCUT2D eigenvalue weighted by atomic mass is 10.1. The quantitative estimate of drug-likeness (QED) is 0.500. The minimum atomic E-state index is -0.420. The highest BCUT2D eigenvalue weighted by Gasteiger charge is 2.28. The number of para-hydroxylation sites is 1. The monoisotopic (exact) mass is 425 g/mol. The zero-order valence-electron chi connectivity index (χ0n) is 16.9. The Morgan fingerprint density at radius 3 is 2.63 bits per heavy atom. The molecule has 156 valence electrons. The maximum Gasteiger partial charge on any atom is 0.342 e. The molecule has 0 spiro atoms. The Morgan fingerprint density at radius 2 is 1.93 bits per heavy atom. The van der Waals surface area contributed by atoms with Crippen molar-refractivity contribution >= 4 is 45.9 Å². The first kappa shape index (κ1) is 20.1. The molecule has 0 amide bonds. The third-order valence-corrected chi connectivity index (χ3v) is 5.38. The van der Waals surface area contributed by atoms with Gasteiger partial charge in [-0.2, -0.15) is 0 Å². The Bertz CT molecular complexity index is 1060. The van der Waals surface area contributed by atoms with Crippen LogP contribution in [0.25, 0.3) is 11.1 Å². The van der Waals surface area contributed by atoms with Gasteiger partial charge in [-0.25, -0.2) is 14.8 Å². The zero-order valence-corrected chi connectivity index (χ0v) is 17.7. The highest BCUT2D eigenvalue weighted by atomic mass is 32.1. The van der Waals surface area contributed by atoms with Crippen molar-refractivity contribution in [3.05, 3.63) is 48.0 Å². The van der Waals surface area contributed by atoms with E-state index in [0.717, 1.165) is 18.8 Å². The summed E-state index contributed by atoms with van der Waals surface area (Å²) in [5.41, 5.74) is 1.76. The second kappa shape index (κ2) is 8.66. The van der Waals surface area contributed by atoms with Gasteiger partial charge >= 0.3 is 5.97 Å². The van der Waals surface area contributed by atoms with Crippen LogP contribution in [0.15, 0.2) is 41.1 Å². The largest absolute Gasteiger partial charge is 0.462 e. The average Bonchev–Trinajstić information content (AvgIpc) is 3.10. The molecule has 1 saturated heterocycles. The third kappa shape index (κ3) is 3.93. The standard InChI is InChI=1S/C21H23N5O3S/c1-3-28-20(27)16-14(2)29-19-17(16)18(22-13-23-19)25-9-11-26(12-10-25)21(30)24-15-7-5-4-6-8-15/h4-8,13H,3,9-12H2,1-2H3,(H,24,30). The molecule has 9 heteroatoms. The number of anilines is 2. The number of aromatic nitrogens is 2. The summed E-state index contributed by atoms with van der Waals surface area (Å²) in [4.78, 5) is 25.4. The predicted molar refractivity (Wildman–Crippen MR) is 119 cm³/mol. The minimum Gasteiger partial charge on any atom is -0.462 e. The number of carbonyl (C=O) groups excluding carboxylic acids is 1. The number of nitrogens with one attached hydrogen (secondary N) is 1. The van der Waals surface area contributed by atoms with Crippen LogP contribution in [0.2, 0.25) is 0 Å². The summed E-state index contributed by atoms with van der Waals surface area (Å²) in [5.74, 6) is 0.746. The molecule has 1 N–H and O–H groups in total. The van der Waals surface area contributed by atoms with Crippen molar-refractivity contribution in [1.82, 2.24) is 14.9 Å². The number of fused-ring (bicyclic) bond motifs is 1. The second-order valence-corrected chi connectivity index (χ2v) is 7.29. The molecule has 8 nitrogen and oxygen atoms in total. The number of thiocarbonyl (C=S) groups is 1.